The highest BCUT2D eigenvalue weighted by Gasteiger charge is 2.34. The summed E-state index contributed by atoms with van der Waals surface area (Å²) in [7, 11) is 0. The molecule has 0 bridgehead atoms. The minimum Gasteiger partial charge on any atom is -0.611 e. The maximum atomic E-state index is 12.4. The third-order valence-electron chi connectivity index (χ3n) is 4.23. The number of hydrogen-bond acceptors (Lipinski definition) is 6. The molecule has 1 heterocycles. The number of non-ortho nitro benzene ring substituents is 1. The van der Waals surface area contributed by atoms with E-state index < -0.39 is 16.1 Å². The number of imide groups is 1. The number of unbranched alkanes of at least 4 members (excludes halogenated alkanes) is 1. The van der Waals surface area contributed by atoms with Crippen molar-refractivity contribution in [2.45, 2.75) is 17.7 Å². The Labute approximate surface area is 158 Å². The van der Waals surface area contributed by atoms with E-state index in [4.69, 9.17) is 5.73 Å². The number of rotatable bonds is 7. The van der Waals surface area contributed by atoms with Crippen molar-refractivity contribution in [2.75, 3.05) is 18.0 Å². The van der Waals surface area contributed by atoms with Gasteiger partial charge in [-0.1, -0.05) is 12.1 Å². The molecule has 0 fully saturated rings. The summed E-state index contributed by atoms with van der Waals surface area (Å²) < 4.78 is 12.4. The van der Waals surface area contributed by atoms with E-state index in [0.29, 0.717) is 28.9 Å². The smallest absolute Gasteiger partial charge is 0.276 e. The van der Waals surface area contributed by atoms with Crippen LogP contribution in [0.4, 0.5) is 11.4 Å². The monoisotopic (exact) mass is 387 g/mol. The fraction of sp³-hybridized carbons (Fsp3) is 0.222. The van der Waals surface area contributed by atoms with Crippen LogP contribution in [-0.4, -0.2) is 38.5 Å². The van der Waals surface area contributed by atoms with Gasteiger partial charge < -0.3 is 10.3 Å². The molecule has 1 unspecified atom stereocenters. The minimum atomic E-state index is -1.45. The van der Waals surface area contributed by atoms with Crippen LogP contribution in [0.2, 0.25) is 0 Å². The van der Waals surface area contributed by atoms with Gasteiger partial charge in [-0.25, -0.2) is 0 Å². The first-order chi connectivity index (χ1) is 12.9. The van der Waals surface area contributed by atoms with E-state index in [0.717, 1.165) is 0 Å². The third kappa shape index (κ3) is 3.93. The van der Waals surface area contributed by atoms with E-state index in [-0.39, 0.29) is 35.5 Å². The molecule has 3 rings (SSSR count). The Bertz CT molecular complexity index is 883. The number of carbonyl (C=O) groups excluding carboxylic acids is 2. The maximum absolute atomic E-state index is 12.4. The lowest BCUT2D eigenvalue weighted by Gasteiger charge is -2.14. The van der Waals surface area contributed by atoms with Gasteiger partial charge in [0.1, 0.15) is 5.75 Å². The number of nitro benzene ring substituents is 1. The van der Waals surface area contributed by atoms with Crippen molar-refractivity contribution >= 4 is 34.4 Å². The van der Waals surface area contributed by atoms with Crippen molar-refractivity contribution in [2.24, 2.45) is 0 Å². The van der Waals surface area contributed by atoms with Gasteiger partial charge in [0.2, 0.25) is 0 Å². The predicted molar refractivity (Wildman–Crippen MR) is 99.8 cm³/mol. The summed E-state index contributed by atoms with van der Waals surface area (Å²) in [5.74, 6) is -0.379. The second-order valence-electron chi connectivity index (χ2n) is 6.08. The van der Waals surface area contributed by atoms with Crippen LogP contribution in [0.15, 0.2) is 47.4 Å². The quantitative estimate of drug-likeness (QED) is 0.194. The zero-order valence-electron chi connectivity index (χ0n) is 14.3. The number of nitrogens with two attached hydrogens (primary N) is 1. The van der Waals surface area contributed by atoms with E-state index >= 15 is 0 Å². The Morgan fingerprint density at radius 1 is 1.04 bits per heavy atom. The molecular formula is C18H17N3O5S. The van der Waals surface area contributed by atoms with Crippen molar-refractivity contribution in [1.82, 2.24) is 4.90 Å². The Morgan fingerprint density at radius 2 is 1.67 bits per heavy atom. The molecule has 1 aliphatic heterocycles. The zero-order valence-corrected chi connectivity index (χ0v) is 15.1. The van der Waals surface area contributed by atoms with Crippen LogP contribution in [-0.2, 0) is 11.2 Å². The molecule has 8 nitrogen and oxygen atoms in total. The molecule has 2 amide bonds. The largest absolute Gasteiger partial charge is 0.611 e. The molecule has 1 aliphatic rings. The summed E-state index contributed by atoms with van der Waals surface area (Å²) >= 11 is -1.45. The highest BCUT2D eigenvalue weighted by atomic mass is 32.2. The Hall–Kier alpha value is -2.91. The van der Waals surface area contributed by atoms with Crippen molar-refractivity contribution in [1.29, 1.82) is 0 Å². The van der Waals surface area contributed by atoms with Gasteiger partial charge in [0.15, 0.2) is 4.90 Å². The van der Waals surface area contributed by atoms with Crippen LogP contribution in [0.5, 0.6) is 0 Å². The lowest BCUT2D eigenvalue weighted by Crippen LogP contribution is -2.30. The molecule has 0 aliphatic carbocycles. The average Bonchev–Trinajstić information content (AvgIpc) is 2.89. The van der Waals surface area contributed by atoms with E-state index in [9.17, 15) is 24.3 Å². The first-order valence-electron chi connectivity index (χ1n) is 8.27. The summed E-state index contributed by atoms with van der Waals surface area (Å²) in [6, 6.07) is 10.6. The maximum Gasteiger partial charge on any atom is 0.276 e. The summed E-state index contributed by atoms with van der Waals surface area (Å²) in [5, 5.41) is 10.9. The molecule has 1 atom stereocenters. The zero-order chi connectivity index (χ0) is 19.6. The second kappa shape index (κ2) is 7.77. The molecule has 140 valence electrons. The molecule has 0 radical (unpaired) electrons. The van der Waals surface area contributed by atoms with Crippen molar-refractivity contribution in [3.63, 3.8) is 0 Å². The van der Waals surface area contributed by atoms with Crippen LogP contribution in [0.1, 0.15) is 33.6 Å². The highest BCUT2D eigenvalue weighted by Crippen LogP contribution is 2.25. The fourth-order valence-electron chi connectivity index (χ4n) is 2.91. The molecule has 2 aromatic carbocycles. The second-order valence-corrected chi connectivity index (χ2v) is 7.65. The van der Waals surface area contributed by atoms with Crippen molar-refractivity contribution < 1.29 is 19.1 Å². The molecule has 0 saturated heterocycles. The molecule has 0 aromatic heterocycles. The molecule has 27 heavy (non-hydrogen) atoms. The van der Waals surface area contributed by atoms with Gasteiger partial charge in [-0.05, 0) is 36.2 Å². The van der Waals surface area contributed by atoms with E-state index in [1.165, 1.54) is 23.1 Å². The average molecular weight is 387 g/mol. The van der Waals surface area contributed by atoms with Crippen LogP contribution < -0.4 is 5.73 Å². The number of anilines is 1. The number of carbonyl (C=O) groups is 2. The molecular weight excluding hydrogens is 370 g/mol. The van der Waals surface area contributed by atoms with E-state index in [2.05, 4.69) is 0 Å². The summed E-state index contributed by atoms with van der Waals surface area (Å²) in [6.07, 6.45) is 0.976. The number of hydrogen-bond donors (Lipinski definition) is 1. The van der Waals surface area contributed by atoms with Gasteiger partial charge >= 0.3 is 0 Å². The summed E-state index contributed by atoms with van der Waals surface area (Å²) in [4.78, 5) is 36.3. The number of nitro groups is 1. The number of nitrogen functional groups attached to an aromatic ring is 1. The first-order valence-corrected chi connectivity index (χ1v) is 9.59. The van der Waals surface area contributed by atoms with Crippen LogP contribution in [0.3, 0.4) is 0 Å². The van der Waals surface area contributed by atoms with Crippen LogP contribution >= 0.6 is 0 Å². The number of nitrogens with zero attached hydrogens (tertiary/aromatic N) is 2. The molecule has 2 aromatic rings. The van der Waals surface area contributed by atoms with E-state index in [1.807, 2.05) is 0 Å². The van der Waals surface area contributed by atoms with Gasteiger partial charge in [0, 0.05) is 24.4 Å². The van der Waals surface area contributed by atoms with Crippen LogP contribution in [0, 0.1) is 10.1 Å². The van der Waals surface area contributed by atoms with Gasteiger partial charge in [0.05, 0.1) is 22.1 Å². The van der Waals surface area contributed by atoms with E-state index in [1.54, 1.807) is 24.3 Å². The number of amides is 2. The van der Waals surface area contributed by atoms with Gasteiger partial charge in [-0.3, -0.25) is 24.6 Å². The van der Waals surface area contributed by atoms with Gasteiger partial charge in [-0.2, -0.15) is 0 Å². The highest BCUT2D eigenvalue weighted by molar-refractivity contribution is 7.91. The molecule has 2 N–H and O–H groups in total. The lowest BCUT2D eigenvalue weighted by atomic mass is 10.1. The number of benzene rings is 2. The molecule has 0 saturated carbocycles. The first kappa shape index (κ1) is 18.9. The standard InChI is InChI=1S/C18H17N3O5S/c19-12-9-13(21(24)25)11-14(10-12)27(26)8-4-3-7-20-17(22)15-5-1-2-6-16(15)18(20)23/h1-2,5-6,9-11H,3-4,7-8,19H2. The lowest BCUT2D eigenvalue weighted by molar-refractivity contribution is -0.385. The normalized spacial score (nSPS) is 14.3. The fourth-order valence-corrected chi connectivity index (χ4v) is 4.13. The number of fused-ring (bicyclic) bond motifs is 1. The Kier molecular flexibility index (Phi) is 5.43. The predicted octanol–water partition coefficient (Wildman–Crippen LogP) is 2.36. The SMILES string of the molecule is Nc1cc([N+](=O)[O-])cc([S+]([O-])CCCCN2C(=O)c3ccccc3C2=O)c1. The van der Waals surface area contributed by atoms with Crippen molar-refractivity contribution in [3.8, 4) is 0 Å². The minimum absolute atomic E-state index is 0.179. The summed E-state index contributed by atoms with van der Waals surface area (Å²) in [5.41, 5.74) is 6.40. The van der Waals surface area contributed by atoms with Crippen molar-refractivity contribution in [3.05, 3.63) is 63.7 Å². The Balaban J connectivity index is 1.55. The van der Waals surface area contributed by atoms with Gasteiger partial charge in [-0.15, -0.1) is 0 Å². The van der Waals surface area contributed by atoms with Gasteiger partial charge in [0.25, 0.3) is 17.5 Å². The topological polar surface area (TPSA) is 130 Å². The third-order valence-corrected chi connectivity index (χ3v) is 5.65. The van der Waals surface area contributed by atoms with Crippen LogP contribution in [0.25, 0.3) is 0 Å². The Morgan fingerprint density at radius 3 is 2.26 bits per heavy atom. The molecule has 0 spiro atoms. The molecule has 9 heteroatoms. The summed E-state index contributed by atoms with van der Waals surface area (Å²) in [6.45, 7) is 0.237.